The zero-order chi connectivity index (χ0) is 9.26. The van der Waals surface area contributed by atoms with Crippen LogP contribution in [0, 0.1) is 0 Å². The van der Waals surface area contributed by atoms with Crippen LogP contribution in [0.1, 0.15) is 5.56 Å². The van der Waals surface area contributed by atoms with Gasteiger partial charge >= 0.3 is 0 Å². The third kappa shape index (κ3) is 1.49. The van der Waals surface area contributed by atoms with Gasteiger partial charge in [-0.3, -0.25) is 4.99 Å². The summed E-state index contributed by atoms with van der Waals surface area (Å²) in [5, 5.41) is 9.11. The first-order valence-corrected chi connectivity index (χ1v) is 4.32. The third-order valence-electron chi connectivity index (χ3n) is 2.18. The molecule has 1 aromatic rings. The van der Waals surface area contributed by atoms with Gasteiger partial charge in [-0.05, 0) is 24.3 Å². The van der Waals surface area contributed by atoms with Crippen molar-refractivity contribution in [2.45, 2.75) is 0 Å². The Balaban J connectivity index is 2.30. The lowest BCUT2D eigenvalue weighted by molar-refractivity contribution is 0.475. The number of rotatable bonds is 1. The van der Waals surface area contributed by atoms with Gasteiger partial charge in [0.15, 0.2) is 0 Å². The summed E-state index contributed by atoms with van der Waals surface area (Å²) in [7, 11) is 2.03. The fraction of sp³-hybridized carbons (Fsp3) is 0.300. The van der Waals surface area contributed by atoms with Gasteiger partial charge in [-0.15, -0.1) is 0 Å². The van der Waals surface area contributed by atoms with Gasteiger partial charge in [0.1, 0.15) is 11.6 Å². The molecule has 0 bridgehead atoms. The normalized spacial score (nSPS) is 16.1. The minimum Gasteiger partial charge on any atom is -0.508 e. The second kappa shape index (κ2) is 3.09. The molecule has 1 aliphatic rings. The molecule has 0 amide bonds. The van der Waals surface area contributed by atoms with Gasteiger partial charge in [0.05, 0.1) is 6.54 Å². The van der Waals surface area contributed by atoms with E-state index >= 15 is 0 Å². The van der Waals surface area contributed by atoms with Crippen molar-refractivity contribution in [2.24, 2.45) is 4.99 Å². The molecule has 0 fully saturated rings. The second-order valence-electron chi connectivity index (χ2n) is 3.17. The molecule has 0 aromatic heterocycles. The molecule has 13 heavy (non-hydrogen) atoms. The lowest BCUT2D eigenvalue weighted by Crippen LogP contribution is -2.23. The van der Waals surface area contributed by atoms with Crippen LogP contribution in [0.25, 0.3) is 0 Å². The van der Waals surface area contributed by atoms with E-state index < -0.39 is 0 Å². The van der Waals surface area contributed by atoms with Crippen LogP contribution >= 0.6 is 0 Å². The van der Waals surface area contributed by atoms with Gasteiger partial charge in [-0.2, -0.15) is 0 Å². The molecule has 3 heteroatoms. The van der Waals surface area contributed by atoms with Crippen LogP contribution in [0.3, 0.4) is 0 Å². The van der Waals surface area contributed by atoms with Crippen LogP contribution in [0.4, 0.5) is 0 Å². The maximum absolute atomic E-state index is 9.11. The molecule has 1 heterocycles. The van der Waals surface area contributed by atoms with E-state index in [-0.39, 0.29) is 0 Å². The van der Waals surface area contributed by atoms with Crippen molar-refractivity contribution in [3.05, 3.63) is 29.8 Å². The summed E-state index contributed by atoms with van der Waals surface area (Å²) in [6.07, 6.45) is 0. The average molecular weight is 176 g/mol. The Morgan fingerprint density at radius 3 is 2.54 bits per heavy atom. The van der Waals surface area contributed by atoms with E-state index in [0.717, 1.165) is 24.5 Å². The van der Waals surface area contributed by atoms with Crippen LogP contribution in [-0.4, -0.2) is 36.0 Å². The smallest absolute Gasteiger partial charge is 0.130 e. The first-order valence-electron chi connectivity index (χ1n) is 4.32. The first-order chi connectivity index (χ1) is 6.27. The highest BCUT2D eigenvalue weighted by Crippen LogP contribution is 2.13. The predicted octanol–water partition coefficient (Wildman–Crippen LogP) is 1.08. The number of aromatic hydroxyl groups is 1. The van der Waals surface area contributed by atoms with E-state index in [1.54, 1.807) is 12.1 Å². The minimum atomic E-state index is 0.296. The fourth-order valence-electron chi connectivity index (χ4n) is 1.45. The van der Waals surface area contributed by atoms with Crippen molar-refractivity contribution < 1.29 is 5.11 Å². The SMILES string of the molecule is CN1CCN=C1c1ccc(O)cc1. The van der Waals surface area contributed by atoms with Gasteiger partial charge in [0, 0.05) is 19.2 Å². The average Bonchev–Trinajstić information content (AvgIpc) is 2.53. The summed E-state index contributed by atoms with van der Waals surface area (Å²) in [5.74, 6) is 1.31. The summed E-state index contributed by atoms with van der Waals surface area (Å²) < 4.78 is 0. The van der Waals surface area contributed by atoms with Gasteiger partial charge in [0.25, 0.3) is 0 Å². The van der Waals surface area contributed by atoms with E-state index in [9.17, 15) is 0 Å². The summed E-state index contributed by atoms with van der Waals surface area (Å²) in [5.41, 5.74) is 1.07. The molecular formula is C10H12N2O. The summed E-state index contributed by atoms with van der Waals surface area (Å²) in [4.78, 5) is 6.50. The molecule has 0 aliphatic carbocycles. The molecule has 0 spiro atoms. The third-order valence-corrected chi connectivity index (χ3v) is 2.18. The number of benzene rings is 1. The topological polar surface area (TPSA) is 35.8 Å². The van der Waals surface area contributed by atoms with Crippen molar-refractivity contribution in [1.82, 2.24) is 4.90 Å². The molecule has 68 valence electrons. The van der Waals surface area contributed by atoms with Crippen molar-refractivity contribution >= 4 is 5.84 Å². The highest BCUT2D eigenvalue weighted by molar-refractivity contribution is 5.99. The molecule has 0 radical (unpaired) electrons. The van der Waals surface area contributed by atoms with Gasteiger partial charge in [0.2, 0.25) is 0 Å². The van der Waals surface area contributed by atoms with Crippen molar-refractivity contribution in [2.75, 3.05) is 20.1 Å². The van der Waals surface area contributed by atoms with Crippen molar-refractivity contribution in [3.63, 3.8) is 0 Å². The maximum atomic E-state index is 9.11. The summed E-state index contributed by atoms with van der Waals surface area (Å²) >= 11 is 0. The molecule has 0 atom stereocenters. The number of likely N-dealkylation sites (N-methyl/N-ethyl adjacent to an activating group) is 1. The van der Waals surface area contributed by atoms with Crippen LogP contribution in [0.2, 0.25) is 0 Å². The van der Waals surface area contributed by atoms with E-state index in [1.165, 1.54) is 0 Å². The van der Waals surface area contributed by atoms with E-state index in [4.69, 9.17) is 5.11 Å². The summed E-state index contributed by atoms with van der Waals surface area (Å²) in [6, 6.07) is 7.14. The first kappa shape index (κ1) is 8.10. The zero-order valence-electron chi connectivity index (χ0n) is 7.57. The number of amidine groups is 1. The Labute approximate surface area is 77.3 Å². The number of hydrogen-bond donors (Lipinski definition) is 1. The van der Waals surface area contributed by atoms with Crippen LogP contribution in [0.5, 0.6) is 5.75 Å². The second-order valence-corrected chi connectivity index (χ2v) is 3.17. The zero-order valence-corrected chi connectivity index (χ0v) is 7.57. The van der Waals surface area contributed by atoms with Gasteiger partial charge < -0.3 is 10.0 Å². The molecule has 2 rings (SSSR count). The number of phenolic OH excluding ortho intramolecular Hbond substituents is 1. The fourth-order valence-corrected chi connectivity index (χ4v) is 1.45. The molecule has 1 aromatic carbocycles. The number of nitrogens with zero attached hydrogens (tertiary/aromatic N) is 2. The van der Waals surface area contributed by atoms with Gasteiger partial charge in [-0.1, -0.05) is 0 Å². The molecule has 3 nitrogen and oxygen atoms in total. The van der Waals surface area contributed by atoms with E-state index in [0.29, 0.717) is 5.75 Å². The molecular weight excluding hydrogens is 164 g/mol. The standard InChI is InChI=1S/C10H12N2O/c1-12-7-6-11-10(12)8-2-4-9(13)5-3-8/h2-5,13H,6-7H2,1H3. The lowest BCUT2D eigenvalue weighted by atomic mass is 10.2. The van der Waals surface area contributed by atoms with Crippen molar-refractivity contribution in [3.8, 4) is 5.75 Å². The Morgan fingerprint density at radius 1 is 1.31 bits per heavy atom. The Morgan fingerprint density at radius 2 is 2.00 bits per heavy atom. The summed E-state index contributed by atoms with van der Waals surface area (Å²) in [6.45, 7) is 1.85. The van der Waals surface area contributed by atoms with Gasteiger partial charge in [-0.25, -0.2) is 0 Å². The molecule has 1 aliphatic heterocycles. The number of aliphatic imine (C=N–C) groups is 1. The van der Waals surface area contributed by atoms with Crippen LogP contribution < -0.4 is 0 Å². The molecule has 0 unspecified atom stereocenters. The molecule has 0 saturated carbocycles. The lowest BCUT2D eigenvalue weighted by Gasteiger charge is -2.13. The largest absolute Gasteiger partial charge is 0.508 e. The maximum Gasteiger partial charge on any atom is 0.130 e. The molecule has 1 N–H and O–H groups in total. The Kier molecular flexibility index (Phi) is 1.93. The number of phenols is 1. The minimum absolute atomic E-state index is 0.296. The Bertz CT molecular complexity index is 329. The monoisotopic (exact) mass is 176 g/mol. The Hall–Kier alpha value is -1.51. The van der Waals surface area contributed by atoms with Crippen LogP contribution in [-0.2, 0) is 0 Å². The van der Waals surface area contributed by atoms with Crippen LogP contribution in [0.15, 0.2) is 29.3 Å². The van der Waals surface area contributed by atoms with Crippen molar-refractivity contribution in [1.29, 1.82) is 0 Å². The quantitative estimate of drug-likeness (QED) is 0.695. The number of hydrogen-bond acceptors (Lipinski definition) is 3. The predicted molar refractivity (Wildman–Crippen MR) is 52.1 cm³/mol. The van der Waals surface area contributed by atoms with E-state index in [2.05, 4.69) is 9.89 Å². The molecule has 0 saturated heterocycles. The van der Waals surface area contributed by atoms with E-state index in [1.807, 2.05) is 19.2 Å². The highest BCUT2D eigenvalue weighted by Gasteiger charge is 2.13. The highest BCUT2D eigenvalue weighted by atomic mass is 16.3.